The van der Waals surface area contributed by atoms with Gasteiger partial charge in [-0.05, 0) is 50.9 Å². The predicted octanol–water partition coefficient (Wildman–Crippen LogP) is 0.803. The van der Waals surface area contributed by atoms with Gasteiger partial charge in [-0.25, -0.2) is 0 Å². The molecule has 1 fully saturated rings. The lowest BCUT2D eigenvalue weighted by atomic mass is 9.97. The summed E-state index contributed by atoms with van der Waals surface area (Å²) in [7, 11) is 2.11. The molecule has 2 N–H and O–H groups in total. The van der Waals surface area contributed by atoms with Gasteiger partial charge in [-0.2, -0.15) is 0 Å². The lowest BCUT2D eigenvalue weighted by molar-refractivity contribution is -0.139. The first-order valence-corrected chi connectivity index (χ1v) is 7.93. The Morgan fingerprint density at radius 2 is 1.73 bits per heavy atom. The Labute approximate surface area is 132 Å². The maximum absolute atomic E-state index is 11.8. The highest BCUT2D eigenvalue weighted by atomic mass is 16.2. The van der Waals surface area contributed by atoms with Crippen molar-refractivity contribution in [3.63, 3.8) is 0 Å². The molecule has 0 atom stereocenters. The molecule has 1 aromatic rings. The summed E-state index contributed by atoms with van der Waals surface area (Å²) < 4.78 is 0. The van der Waals surface area contributed by atoms with Crippen LogP contribution in [0.1, 0.15) is 18.4 Å². The second-order valence-corrected chi connectivity index (χ2v) is 5.95. The standard InChI is InChI=1S/C17H25N3O2/c1-20-11-8-15(9-12-20)13-19-17(22)16(21)18-10-7-14-5-3-2-4-6-14/h2-6,15H,7-13H2,1H3,(H,18,21)(H,19,22). The fraction of sp³-hybridized carbons (Fsp3) is 0.529. The van der Waals surface area contributed by atoms with E-state index in [2.05, 4.69) is 22.6 Å². The molecule has 1 heterocycles. The number of piperidine rings is 1. The van der Waals surface area contributed by atoms with Gasteiger partial charge in [0, 0.05) is 13.1 Å². The van der Waals surface area contributed by atoms with Gasteiger partial charge in [0.15, 0.2) is 0 Å². The highest BCUT2D eigenvalue weighted by Crippen LogP contribution is 2.14. The summed E-state index contributed by atoms with van der Waals surface area (Å²) in [5.74, 6) is -0.576. The fourth-order valence-corrected chi connectivity index (χ4v) is 2.63. The minimum atomic E-state index is -0.538. The lowest BCUT2D eigenvalue weighted by Gasteiger charge is -2.28. The van der Waals surface area contributed by atoms with E-state index < -0.39 is 11.8 Å². The molecule has 120 valence electrons. The number of carbonyl (C=O) groups is 2. The molecular formula is C17H25N3O2. The molecule has 22 heavy (non-hydrogen) atoms. The zero-order valence-electron chi connectivity index (χ0n) is 13.2. The molecule has 0 saturated carbocycles. The van der Waals surface area contributed by atoms with Crippen molar-refractivity contribution in [3.8, 4) is 0 Å². The van der Waals surface area contributed by atoms with E-state index in [1.54, 1.807) is 0 Å². The van der Waals surface area contributed by atoms with Crippen molar-refractivity contribution in [2.24, 2.45) is 5.92 Å². The van der Waals surface area contributed by atoms with Crippen molar-refractivity contribution >= 4 is 11.8 Å². The second-order valence-electron chi connectivity index (χ2n) is 5.95. The molecule has 0 radical (unpaired) electrons. The van der Waals surface area contributed by atoms with Crippen LogP contribution in [0.25, 0.3) is 0 Å². The van der Waals surface area contributed by atoms with Gasteiger partial charge < -0.3 is 15.5 Å². The van der Waals surface area contributed by atoms with E-state index >= 15 is 0 Å². The Morgan fingerprint density at radius 1 is 1.09 bits per heavy atom. The van der Waals surface area contributed by atoms with Crippen molar-refractivity contribution in [2.45, 2.75) is 19.3 Å². The number of likely N-dealkylation sites (tertiary alicyclic amines) is 1. The van der Waals surface area contributed by atoms with Crippen molar-refractivity contribution in [1.82, 2.24) is 15.5 Å². The minimum absolute atomic E-state index is 0.477. The number of carbonyl (C=O) groups excluding carboxylic acids is 2. The summed E-state index contributed by atoms with van der Waals surface area (Å²) in [6.07, 6.45) is 2.88. The van der Waals surface area contributed by atoms with Crippen LogP contribution in [0.2, 0.25) is 0 Å². The van der Waals surface area contributed by atoms with Crippen LogP contribution in [0.3, 0.4) is 0 Å². The minimum Gasteiger partial charge on any atom is -0.348 e. The molecule has 1 aliphatic rings. The predicted molar refractivity (Wildman–Crippen MR) is 86.4 cm³/mol. The normalized spacial score (nSPS) is 16.2. The van der Waals surface area contributed by atoms with E-state index in [1.165, 1.54) is 0 Å². The van der Waals surface area contributed by atoms with Crippen LogP contribution in [0.4, 0.5) is 0 Å². The van der Waals surface area contributed by atoms with E-state index in [-0.39, 0.29) is 0 Å². The van der Waals surface area contributed by atoms with E-state index in [0.29, 0.717) is 19.0 Å². The van der Waals surface area contributed by atoms with Crippen LogP contribution in [0, 0.1) is 5.92 Å². The van der Waals surface area contributed by atoms with Crippen LogP contribution in [-0.2, 0) is 16.0 Å². The molecule has 5 nitrogen and oxygen atoms in total. The Morgan fingerprint density at radius 3 is 2.41 bits per heavy atom. The van der Waals surface area contributed by atoms with E-state index in [9.17, 15) is 9.59 Å². The van der Waals surface area contributed by atoms with Gasteiger partial charge in [-0.15, -0.1) is 0 Å². The number of rotatable bonds is 5. The highest BCUT2D eigenvalue weighted by molar-refractivity contribution is 6.35. The molecule has 0 bridgehead atoms. The molecular weight excluding hydrogens is 278 g/mol. The third-order valence-corrected chi connectivity index (χ3v) is 4.14. The number of amides is 2. The maximum Gasteiger partial charge on any atom is 0.309 e. The van der Waals surface area contributed by atoms with Crippen molar-refractivity contribution in [3.05, 3.63) is 35.9 Å². The Kier molecular flexibility index (Phi) is 6.40. The molecule has 2 amide bonds. The molecule has 1 aliphatic heterocycles. The molecule has 1 saturated heterocycles. The first-order chi connectivity index (χ1) is 10.6. The second kappa shape index (κ2) is 8.54. The summed E-state index contributed by atoms with van der Waals surface area (Å²) in [6.45, 7) is 3.19. The van der Waals surface area contributed by atoms with Crippen LogP contribution < -0.4 is 10.6 Å². The van der Waals surface area contributed by atoms with Gasteiger partial charge in [-0.3, -0.25) is 9.59 Å². The van der Waals surface area contributed by atoms with Crippen molar-refractivity contribution < 1.29 is 9.59 Å². The average Bonchev–Trinajstić information content (AvgIpc) is 2.55. The van der Waals surface area contributed by atoms with Crippen molar-refractivity contribution in [1.29, 1.82) is 0 Å². The van der Waals surface area contributed by atoms with Gasteiger partial charge in [0.1, 0.15) is 0 Å². The van der Waals surface area contributed by atoms with Gasteiger partial charge in [0.25, 0.3) is 0 Å². The number of nitrogens with one attached hydrogen (secondary N) is 2. The van der Waals surface area contributed by atoms with Crippen molar-refractivity contribution in [2.75, 3.05) is 33.2 Å². The molecule has 0 aliphatic carbocycles. The SMILES string of the molecule is CN1CCC(CNC(=O)C(=O)NCCc2ccccc2)CC1. The molecule has 0 spiro atoms. The molecule has 0 aromatic heterocycles. The van der Waals surface area contributed by atoms with Gasteiger partial charge in [0.2, 0.25) is 0 Å². The van der Waals surface area contributed by atoms with Gasteiger partial charge in [-0.1, -0.05) is 30.3 Å². The van der Waals surface area contributed by atoms with Gasteiger partial charge >= 0.3 is 11.8 Å². The van der Waals surface area contributed by atoms with Crippen LogP contribution in [-0.4, -0.2) is 49.9 Å². The summed E-state index contributed by atoms with van der Waals surface area (Å²) in [6, 6.07) is 9.90. The van der Waals surface area contributed by atoms with Crippen LogP contribution >= 0.6 is 0 Å². The number of nitrogens with zero attached hydrogens (tertiary/aromatic N) is 1. The third-order valence-electron chi connectivity index (χ3n) is 4.14. The van der Waals surface area contributed by atoms with Crippen LogP contribution in [0.5, 0.6) is 0 Å². The highest BCUT2D eigenvalue weighted by Gasteiger charge is 2.19. The quantitative estimate of drug-likeness (QED) is 0.791. The summed E-state index contributed by atoms with van der Waals surface area (Å²) in [4.78, 5) is 25.8. The molecule has 1 aromatic carbocycles. The smallest absolute Gasteiger partial charge is 0.309 e. The first-order valence-electron chi connectivity index (χ1n) is 7.93. The summed E-state index contributed by atoms with van der Waals surface area (Å²) in [5.41, 5.74) is 1.15. The molecule has 2 rings (SSSR count). The maximum atomic E-state index is 11.8. The van der Waals surface area contributed by atoms with E-state index in [1.807, 2.05) is 30.3 Å². The number of benzene rings is 1. The molecule has 5 heteroatoms. The van der Waals surface area contributed by atoms with E-state index in [0.717, 1.165) is 37.9 Å². The lowest BCUT2D eigenvalue weighted by Crippen LogP contribution is -2.43. The zero-order chi connectivity index (χ0) is 15.8. The van der Waals surface area contributed by atoms with E-state index in [4.69, 9.17) is 0 Å². The zero-order valence-corrected chi connectivity index (χ0v) is 13.2. The Hall–Kier alpha value is -1.88. The largest absolute Gasteiger partial charge is 0.348 e. The Balaban J connectivity index is 1.61. The number of hydrogen-bond acceptors (Lipinski definition) is 3. The van der Waals surface area contributed by atoms with Gasteiger partial charge in [0.05, 0.1) is 0 Å². The monoisotopic (exact) mass is 303 g/mol. The first kappa shape index (κ1) is 16.5. The summed E-state index contributed by atoms with van der Waals surface area (Å²) >= 11 is 0. The Bertz CT molecular complexity index is 482. The topological polar surface area (TPSA) is 61.4 Å². The summed E-state index contributed by atoms with van der Waals surface area (Å²) in [5, 5.41) is 5.41. The number of hydrogen-bond donors (Lipinski definition) is 2. The molecule has 0 unspecified atom stereocenters. The average molecular weight is 303 g/mol. The third kappa shape index (κ3) is 5.48. The fourth-order valence-electron chi connectivity index (χ4n) is 2.63. The van der Waals surface area contributed by atoms with Crippen LogP contribution in [0.15, 0.2) is 30.3 Å².